The molecule has 0 radical (unpaired) electrons. The first kappa shape index (κ1) is 31.1. The van der Waals surface area contributed by atoms with Gasteiger partial charge in [0, 0.05) is 17.2 Å². The van der Waals surface area contributed by atoms with Gasteiger partial charge in [-0.1, -0.05) is 80.6 Å². The lowest BCUT2D eigenvalue weighted by Gasteiger charge is -2.29. The van der Waals surface area contributed by atoms with E-state index in [2.05, 4.69) is 6.92 Å². The van der Waals surface area contributed by atoms with E-state index in [4.69, 9.17) is 16.3 Å². The highest BCUT2D eigenvalue weighted by atomic mass is 35.5. The average Bonchev–Trinajstić information content (AvgIpc) is 2.99. The van der Waals surface area contributed by atoms with Crippen LogP contribution >= 0.6 is 11.6 Å². The average molecular weight is 613 g/mol. The minimum Gasteiger partial charge on any atom is -0.429 e. The van der Waals surface area contributed by atoms with Crippen molar-refractivity contribution >= 4 is 11.6 Å². The Morgan fingerprint density at radius 3 is 2.02 bits per heavy atom. The standard InChI is InChI=1S/C36H34ClF5O/c1-2-3-4-5-23-6-8-24(9-7-23)26-12-17-31(33(38)20-26)27-13-18-30(34(39)21-27)25-10-14-28(15-11-25)36(41,42)43-29-16-19-32(37)35(40)22-29/h10-24H,2-9H2,1H3. The Morgan fingerprint density at radius 2 is 1.37 bits per heavy atom. The molecule has 1 nitrogen and oxygen atoms in total. The van der Waals surface area contributed by atoms with Crippen LogP contribution in [0.2, 0.25) is 5.02 Å². The maximum Gasteiger partial charge on any atom is 0.426 e. The van der Waals surface area contributed by atoms with Gasteiger partial charge >= 0.3 is 6.11 Å². The zero-order valence-electron chi connectivity index (χ0n) is 24.0. The largest absolute Gasteiger partial charge is 0.429 e. The molecule has 0 aliphatic heterocycles. The molecule has 0 bridgehead atoms. The summed E-state index contributed by atoms with van der Waals surface area (Å²) >= 11 is 5.60. The van der Waals surface area contributed by atoms with Gasteiger partial charge in [-0.15, -0.1) is 0 Å². The Balaban J connectivity index is 1.26. The van der Waals surface area contributed by atoms with Gasteiger partial charge in [-0.25, -0.2) is 13.2 Å². The molecule has 1 saturated carbocycles. The van der Waals surface area contributed by atoms with Crippen molar-refractivity contribution in [3.8, 4) is 28.0 Å². The third-order valence-electron chi connectivity index (χ3n) is 8.48. The minimum absolute atomic E-state index is 0.187. The first-order chi connectivity index (χ1) is 20.6. The van der Waals surface area contributed by atoms with Gasteiger partial charge in [0.1, 0.15) is 23.2 Å². The van der Waals surface area contributed by atoms with Crippen LogP contribution in [0.15, 0.2) is 78.9 Å². The zero-order chi connectivity index (χ0) is 30.6. The van der Waals surface area contributed by atoms with Gasteiger partial charge in [-0.3, -0.25) is 0 Å². The Labute approximate surface area is 254 Å². The Kier molecular flexibility index (Phi) is 9.75. The molecule has 1 fully saturated rings. The summed E-state index contributed by atoms with van der Waals surface area (Å²) in [6.45, 7) is 2.22. The van der Waals surface area contributed by atoms with Crippen molar-refractivity contribution in [2.24, 2.45) is 5.92 Å². The molecule has 0 heterocycles. The number of hydrogen-bond donors (Lipinski definition) is 0. The Bertz CT molecular complexity index is 1540. The summed E-state index contributed by atoms with van der Waals surface area (Å²) in [6, 6.07) is 17.6. The molecule has 0 aromatic heterocycles. The van der Waals surface area contributed by atoms with Crippen molar-refractivity contribution < 1.29 is 26.7 Å². The number of ether oxygens (including phenoxy) is 1. The third-order valence-corrected chi connectivity index (χ3v) is 8.78. The van der Waals surface area contributed by atoms with Crippen LogP contribution in [0, 0.1) is 23.4 Å². The van der Waals surface area contributed by atoms with E-state index in [1.54, 1.807) is 18.2 Å². The molecule has 7 heteroatoms. The first-order valence-electron chi connectivity index (χ1n) is 14.9. The minimum atomic E-state index is -3.77. The van der Waals surface area contributed by atoms with Crippen molar-refractivity contribution in [1.82, 2.24) is 0 Å². The van der Waals surface area contributed by atoms with Gasteiger partial charge < -0.3 is 4.74 Å². The summed E-state index contributed by atoms with van der Waals surface area (Å²) < 4.78 is 78.2. The molecule has 0 amide bonds. The van der Waals surface area contributed by atoms with E-state index >= 15 is 8.78 Å². The van der Waals surface area contributed by atoms with E-state index in [9.17, 15) is 13.2 Å². The highest BCUT2D eigenvalue weighted by molar-refractivity contribution is 6.30. The van der Waals surface area contributed by atoms with Gasteiger partial charge in [0.2, 0.25) is 0 Å². The van der Waals surface area contributed by atoms with E-state index in [-0.39, 0.29) is 22.2 Å². The van der Waals surface area contributed by atoms with Gasteiger partial charge in [0.15, 0.2) is 0 Å². The topological polar surface area (TPSA) is 9.23 Å². The first-order valence-corrected chi connectivity index (χ1v) is 15.2. The van der Waals surface area contributed by atoms with Crippen LogP contribution in [0.3, 0.4) is 0 Å². The summed E-state index contributed by atoms with van der Waals surface area (Å²) in [5.41, 5.74) is 1.77. The number of alkyl halides is 2. The third kappa shape index (κ3) is 7.41. The lowest BCUT2D eigenvalue weighted by atomic mass is 9.77. The van der Waals surface area contributed by atoms with Crippen molar-refractivity contribution in [3.63, 3.8) is 0 Å². The number of hydrogen-bond acceptors (Lipinski definition) is 1. The maximum atomic E-state index is 15.2. The van der Waals surface area contributed by atoms with Crippen molar-refractivity contribution in [1.29, 1.82) is 0 Å². The van der Waals surface area contributed by atoms with E-state index in [1.807, 2.05) is 6.07 Å². The summed E-state index contributed by atoms with van der Waals surface area (Å²) in [5.74, 6) is -1.14. The van der Waals surface area contributed by atoms with Crippen molar-refractivity contribution in [2.45, 2.75) is 70.3 Å². The normalized spacial score (nSPS) is 17.2. The van der Waals surface area contributed by atoms with Crippen LogP contribution in [0.25, 0.3) is 22.3 Å². The Morgan fingerprint density at radius 1 is 0.721 bits per heavy atom. The summed E-state index contributed by atoms with van der Waals surface area (Å²) in [5, 5.41) is -0.210. The second-order valence-corrected chi connectivity index (χ2v) is 11.8. The second-order valence-electron chi connectivity index (χ2n) is 11.4. The fraction of sp³-hybridized carbons (Fsp3) is 0.333. The monoisotopic (exact) mass is 612 g/mol. The highest BCUT2D eigenvalue weighted by Gasteiger charge is 2.35. The lowest BCUT2D eigenvalue weighted by molar-refractivity contribution is -0.185. The quantitative estimate of drug-likeness (QED) is 0.128. The number of benzene rings is 4. The smallest absolute Gasteiger partial charge is 0.426 e. The molecule has 0 saturated heterocycles. The van der Waals surface area contributed by atoms with Gasteiger partial charge in [0.25, 0.3) is 0 Å². The molecule has 43 heavy (non-hydrogen) atoms. The second kappa shape index (κ2) is 13.5. The van der Waals surface area contributed by atoms with Crippen molar-refractivity contribution in [2.75, 3.05) is 0 Å². The van der Waals surface area contributed by atoms with Crippen LogP contribution in [-0.2, 0) is 6.11 Å². The molecule has 0 atom stereocenters. The number of unbranched alkanes of at least 4 members (excludes halogenated alkanes) is 2. The van der Waals surface area contributed by atoms with Crippen LogP contribution < -0.4 is 4.74 Å². The molecule has 0 unspecified atom stereocenters. The van der Waals surface area contributed by atoms with Crippen molar-refractivity contribution in [3.05, 3.63) is 112 Å². The molecule has 1 aliphatic carbocycles. The highest BCUT2D eigenvalue weighted by Crippen LogP contribution is 2.40. The van der Waals surface area contributed by atoms with E-state index in [0.717, 1.165) is 54.7 Å². The predicted molar refractivity (Wildman–Crippen MR) is 162 cm³/mol. The molecule has 0 N–H and O–H groups in total. The van der Waals surface area contributed by atoms with Crippen LogP contribution in [0.4, 0.5) is 22.0 Å². The molecule has 1 aliphatic rings. The van der Waals surface area contributed by atoms with Gasteiger partial charge in [0.05, 0.1) is 10.6 Å². The van der Waals surface area contributed by atoms with Crippen LogP contribution in [0.5, 0.6) is 5.75 Å². The molecule has 4 aromatic rings. The maximum absolute atomic E-state index is 15.2. The molecular weight excluding hydrogens is 579 g/mol. The van der Waals surface area contributed by atoms with Crippen LogP contribution in [0.1, 0.15) is 75.3 Å². The molecule has 226 valence electrons. The number of halogens is 6. The number of rotatable bonds is 10. The molecule has 4 aromatic carbocycles. The van der Waals surface area contributed by atoms with Gasteiger partial charge in [-0.05, 0) is 90.6 Å². The predicted octanol–water partition coefficient (Wildman–Crippen LogP) is 12.1. The zero-order valence-corrected chi connectivity index (χ0v) is 24.7. The lowest BCUT2D eigenvalue weighted by Crippen LogP contribution is -2.21. The van der Waals surface area contributed by atoms with E-state index < -0.39 is 23.3 Å². The molecule has 0 spiro atoms. The summed E-state index contributed by atoms with van der Waals surface area (Å²) in [7, 11) is 0. The molecule has 5 rings (SSSR count). The fourth-order valence-corrected chi connectivity index (χ4v) is 6.11. The van der Waals surface area contributed by atoms with E-state index in [1.165, 1.54) is 62.8 Å². The summed E-state index contributed by atoms with van der Waals surface area (Å²) in [6.07, 6.45) is 5.81. The summed E-state index contributed by atoms with van der Waals surface area (Å²) in [4.78, 5) is 0. The Hall–Kier alpha value is -3.38. The van der Waals surface area contributed by atoms with Crippen LogP contribution in [-0.4, -0.2) is 0 Å². The SMILES string of the molecule is CCCCCC1CCC(c2ccc(-c3ccc(-c4ccc(C(F)(F)Oc5ccc(Cl)c(F)c5)cc4)c(F)c3)c(F)c2)CC1. The van der Waals surface area contributed by atoms with E-state index in [0.29, 0.717) is 22.6 Å². The van der Waals surface area contributed by atoms with Gasteiger partial charge in [-0.2, -0.15) is 8.78 Å². The fourth-order valence-electron chi connectivity index (χ4n) is 5.99. The molecular formula is C36H34ClF5O.